The maximum Gasteiger partial charge on any atom is 0.241 e. The zero-order valence-corrected chi connectivity index (χ0v) is 18.0. The first kappa shape index (κ1) is 21.9. The molecular formula is C23H25FN2O3S. The van der Waals surface area contributed by atoms with E-state index in [1.165, 1.54) is 12.1 Å². The van der Waals surface area contributed by atoms with E-state index in [4.69, 9.17) is 0 Å². The minimum Gasteiger partial charge on any atom is -0.351 e. The number of sulfonamides is 1. The molecule has 0 aliphatic rings. The van der Waals surface area contributed by atoms with Crippen molar-refractivity contribution in [2.45, 2.75) is 38.3 Å². The number of aryl methyl sites for hydroxylation is 1. The molecule has 0 fully saturated rings. The lowest BCUT2D eigenvalue weighted by Crippen LogP contribution is -2.49. The van der Waals surface area contributed by atoms with Crippen molar-refractivity contribution in [3.05, 3.63) is 77.6 Å². The molecule has 0 saturated heterocycles. The lowest BCUT2D eigenvalue weighted by molar-refractivity contribution is -0.123. The molecule has 0 heterocycles. The van der Waals surface area contributed by atoms with Crippen LogP contribution in [0.1, 0.15) is 25.0 Å². The van der Waals surface area contributed by atoms with E-state index in [2.05, 4.69) is 10.0 Å². The summed E-state index contributed by atoms with van der Waals surface area (Å²) in [6.07, 6.45) is 0. The van der Waals surface area contributed by atoms with Gasteiger partial charge in [-0.25, -0.2) is 12.8 Å². The second-order valence-electron chi connectivity index (χ2n) is 7.65. The van der Waals surface area contributed by atoms with E-state index >= 15 is 0 Å². The van der Waals surface area contributed by atoms with Gasteiger partial charge >= 0.3 is 0 Å². The summed E-state index contributed by atoms with van der Waals surface area (Å²) >= 11 is 0. The highest BCUT2D eigenvalue weighted by atomic mass is 32.2. The zero-order chi connectivity index (χ0) is 21.9. The van der Waals surface area contributed by atoms with Crippen LogP contribution in [0, 0.1) is 18.7 Å². The second kappa shape index (κ2) is 8.93. The molecule has 0 bridgehead atoms. The summed E-state index contributed by atoms with van der Waals surface area (Å²) in [4.78, 5) is 12.8. The average Bonchev–Trinajstić information content (AvgIpc) is 2.72. The molecule has 7 heteroatoms. The van der Waals surface area contributed by atoms with Gasteiger partial charge in [-0.2, -0.15) is 4.72 Å². The van der Waals surface area contributed by atoms with Crippen molar-refractivity contribution < 1.29 is 17.6 Å². The van der Waals surface area contributed by atoms with E-state index in [0.717, 1.165) is 10.8 Å². The Balaban J connectivity index is 1.75. The van der Waals surface area contributed by atoms with Crippen LogP contribution in [-0.4, -0.2) is 20.4 Å². The minimum absolute atomic E-state index is 0.0975. The highest BCUT2D eigenvalue weighted by Crippen LogP contribution is 2.20. The van der Waals surface area contributed by atoms with Gasteiger partial charge in [-0.15, -0.1) is 0 Å². The Hall–Kier alpha value is -2.77. The van der Waals surface area contributed by atoms with E-state index in [0.29, 0.717) is 11.1 Å². The number of amides is 1. The molecule has 0 aliphatic heterocycles. The number of carbonyl (C=O) groups excluding carboxylic acids is 1. The molecule has 0 radical (unpaired) electrons. The zero-order valence-electron chi connectivity index (χ0n) is 17.1. The Morgan fingerprint density at radius 1 is 1.00 bits per heavy atom. The molecule has 5 nitrogen and oxygen atoms in total. The molecule has 1 unspecified atom stereocenters. The van der Waals surface area contributed by atoms with Crippen molar-refractivity contribution in [2.75, 3.05) is 0 Å². The number of rotatable bonds is 7. The first-order valence-electron chi connectivity index (χ1n) is 9.71. The van der Waals surface area contributed by atoms with Crippen molar-refractivity contribution in [1.29, 1.82) is 0 Å². The normalized spacial score (nSPS) is 12.8. The highest BCUT2D eigenvalue weighted by Gasteiger charge is 2.28. The number of carbonyl (C=O) groups is 1. The van der Waals surface area contributed by atoms with Crippen molar-refractivity contribution in [3.63, 3.8) is 0 Å². The van der Waals surface area contributed by atoms with Crippen LogP contribution in [0.4, 0.5) is 4.39 Å². The molecule has 0 saturated carbocycles. The summed E-state index contributed by atoms with van der Waals surface area (Å²) in [6.45, 7) is 5.29. The molecule has 1 amide bonds. The molecular weight excluding hydrogens is 403 g/mol. The molecule has 3 rings (SSSR count). The largest absolute Gasteiger partial charge is 0.351 e. The summed E-state index contributed by atoms with van der Waals surface area (Å²) in [5.41, 5.74) is 1.12. The molecule has 158 valence electrons. The molecule has 0 aliphatic carbocycles. The molecule has 0 aromatic heterocycles. The van der Waals surface area contributed by atoms with Crippen molar-refractivity contribution in [1.82, 2.24) is 10.0 Å². The topological polar surface area (TPSA) is 75.3 Å². The molecule has 3 aromatic carbocycles. The summed E-state index contributed by atoms with van der Waals surface area (Å²) in [7, 11) is -3.91. The summed E-state index contributed by atoms with van der Waals surface area (Å²) < 4.78 is 42.0. The van der Waals surface area contributed by atoms with Gasteiger partial charge in [0.15, 0.2) is 0 Å². The number of halogens is 1. The van der Waals surface area contributed by atoms with Crippen LogP contribution in [0.15, 0.2) is 65.6 Å². The Labute approximate surface area is 176 Å². The van der Waals surface area contributed by atoms with Gasteiger partial charge in [-0.3, -0.25) is 4.79 Å². The molecule has 1 atom stereocenters. The molecule has 30 heavy (non-hydrogen) atoms. The summed E-state index contributed by atoms with van der Waals surface area (Å²) in [5.74, 6) is -1.09. The fourth-order valence-corrected chi connectivity index (χ4v) is 4.49. The third-order valence-corrected chi connectivity index (χ3v) is 6.40. The quantitative estimate of drug-likeness (QED) is 0.599. The lowest BCUT2D eigenvalue weighted by atomic mass is 10.0. The van der Waals surface area contributed by atoms with Gasteiger partial charge in [-0.05, 0) is 52.9 Å². The standard InChI is InChI=1S/C23H25FN2O3S/c1-15(2)22(23(27)25-14-17-9-8-16(3)21(24)12-17)26-30(28,29)20-11-10-18-6-4-5-7-19(18)13-20/h4-13,15,22,26H,14H2,1-3H3,(H,25,27). The number of fused-ring (bicyclic) bond motifs is 1. The Morgan fingerprint density at radius 3 is 2.37 bits per heavy atom. The van der Waals surface area contributed by atoms with Gasteiger partial charge in [0.25, 0.3) is 0 Å². The van der Waals surface area contributed by atoms with Crippen molar-refractivity contribution in [2.24, 2.45) is 5.92 Å². The van der Waals surface area contributed by atoms with Crippen molar-refractivity contribution >= 4 is 26.7 Å². The van der Waals surface area contributed by atoms with Gasteiger partial charge in [0.2, 0.25) is 15.9 Å². The van der Waals surface area contributed by atoms with E-state index in [1.54, 1.807) is 45.0 Å². The lowest BCUT2D eigenvalue weighted by Gasteiger charge is -2.22. The predicted octanol–water partition coefficient (Wildman–Crippen LogP) is 3.91. The smallest absolute Gasteiger partial charge is 0.241 e. The first-order chi connectivity index (χ1) is 14.2. The van der Waals surface area contributed by atoms with Crippen LogP contribution >= 0.6 is 0 Å². The number of hydrogen-bond acceptors (Lipinski definition) is 3. The monoisotopic (exact) mass is 428 g/mol. The fourth-order valence-electron chi connectivity index (χ4n) is 3.11. The maximum absolute atomic E-state index is 13.7. The van der Waals surface area contributed by atoms with E-state index in [9.17, 15) is 17.6 Å². The Bertz CT molecular complexity index is 1180. The first-order valence-corrected chi connectivity index (χ1v) is 11.2. The highest BCUT2D eigenvalue weighted by molar-refractivity contribution is 7.89. The number of hydrogen-bond donors (Lipinski definition) is 2. The third-order valence-electron chi connectivity index (χ3n) is 4.97. The van der Waals surface area contributed by atoms with Crippen LogP contribution in [0.3, 0.4) is 0 Å². The van der Waals surface area contributed by atoms with Crippen LogP contribution in [0.25, 0.3) is 10.8 Å². The predicted molar refractivity (Wildman–Crippen MR) is 116 cm³/mol. The van der Waals surface area contributed by atoms with E-state index in [-0.39, 0.29) is 23.2 Å². The second-order valence-corrected chi connectivity index (χ2v) is 9.37. The van der Waals surface area contributed by atoms with Gasteiger partial charge in [0, 0.05) is 6.54 Å². The van der Waals surface area contributed by atoms with Gasteiger partial charge in [0.1, 0.15) is 11.9 Å². The summed E-state index contributed by atoms with van der Waals surface area (Å²) in [5, 5.41) is 4.43. The number of nitrogens with one attached hydrogen (secondary N) is 2. The van der Waals surface area contributed by atoms with Gasteiger partial charge in [0.05, 0.1) is 4.90 Å². The molecule has 3 aromatic rings. The number of benzene rings is 3. The Morgan fingerprint density at radius 2 is 1.70 bits per heavy atom. The van der Waals surface area contributed by atoms with Gasteiger partial charge in [-0.1, -0.05) is 56.3 Å². The molecule has 2 N–H and O–H groups in total. The summed E-state index contributed by atoms with van der Waals surface area (Å²) in [6, 6.07) is 16.1. The molecule has 0 spiro atoms. The minimum atomic E-state index is -3.91. The van der Waals surface area contributed by atoms with Crippen LogP contribution < -0.4 is 10.0 Å². The van der Waals surface area contributed by atoms with Crippen LogP contribution in [0.2, 0.25) is 0 Å². The van der Waals surface area contributed by atoms with E-state index in [1.807, 2.05) is 24.3 Å². The SMILES string of the molecule is Cc1ccc(CNC(=O)C(NS(=O)(=O)c2ccc3ccccc3c2)C(C)C)cc1F. The third kappa shape index (κ3) is 5.04. The average molecular weight is 429 g/mol. The van der Waals surface area contributed by atoms with Gasteiger partial charge < -0.3 is 5.32 Å². The fraction of sp³-hybridized carbons (Fsp3) is 0.261. The maximum atomic E-state index is 13.7. The Kier molecular flexibility index (Phi) is 6.53. The van der Waals surface area contributed by atoms with E-state index < -0.39 is 22.0 Å². The van der Waals surface area contributed by atoms with Crippen molar-refractivity contribution in [3.8, 4) is 0 Å². The van der Waals surface area contributed by atoms with Crippen LogP contribution in [0.5, 0.6) is 0 Å². The van der Waals surface area contributed by atoms with Crippen LogP contribution in [-0.2, 0) is 21.4 Å².